The van der Waals surface area contributed by atoms with Crippen molar-refractivity contribution in [1.29, 1.82) is 0 Å². The topological polar surface area (TPSA) is 33.6 Å². The van der Waals surface area contributed by atoms with Crippen LogP contribution < -0.4 is 5.32 Å². The van der Waals surface area contributed by atoms with E-state index < -0.39 is 0 Å². The number of hydrogen-bond donors (Lipinski definition) is 1. The van der Waals surface area contributed by atoms with Crippen molar-refractivity contribution in [2.45, 2.75) is 64.1 Å². The molecule has 2 fully saturated rings. The fourth-order valence-corrected chi connectivity index (χ4v) is 3.57. The molecule has 2 heterocycles. The average molecular weight is 256 g/mol. The smallest absolute Gasteiger partial charge is 0.157 e. The van der Waals surface area contributed by atoms with Gasteiger partial charge in [0.1, 0.15) is 0 Å². The van der Waals surface area contributed by atoms with Crippen LogP contribution in [-0.4, -0.2) is 34.7 Å². The van der Waals surface area contributed by atoms with Crippen LogP contribution in [0.5, 0.6) is 0 Å². The summed E-state index contributed by atoms with van der Waals surface area (Å²) in [6.07, 6.45) is 3.23. The molecule has 0 radical (unpaired) electrons. The molecular formula is C13H24N2OS. The zero-order chi connectivity index (χ0) is 12.5. The van der Waals surface area contributed by atoms with Gasteiger partial charge in [-0.2, -0.15) is 0 Å². The number of nitrogens with zero attached hydrogens (tertiary/aromatic N) is 1. The molecule has 0 saturated carbocycles. The van der Waals surface area contributed by atoms with Crippen LogP contribution in [0.1, 0.15) is 47.0 Å². The maximum absolute atomic E-state index is 5.73. The predicted molar refractivity (Wildman–Crippen MR) is 74.8 cm³/mol. The minimum Gasteiger partial charge on any atom is -0.375 e. The second-order valence-electron chi connectivity index (χ2n) is 6.02. The lowest BCUT2D eigenvalue weighted by atomic mass is 9.94. The monoisotopic (exact) mass is 256 g/mol. The highest BCUT2D eigenvalue weighted by Crippen LogP contribution is 2.29. The molecule has 0 spiro atoms. The van der Waals surface area contributed by atoms with Crippen LogP contribution in [0.15, 0.2) is 4.99 Å². The van der Waals surface area contributed by atoms with Gasteiger partial charge in [-0.3, -0.25) is 4.99 Å². The van der Waals surface area contributed by atoms with E-state index in [1.165, 1.54) is 0 Å². The maximum atomic E-state index is 5.73. The van der Waals surface area contributed by atoms with E-state index in [2.05, 4.69) is 33.0 Å². The minimum atomic E-state index is -0.00962. The second-order valence-corrected chi connectivity index (χ2v) is 6.98. The molecule has 0 amide bonds. The molecule has 2 saturated heterocycles. The molecule has 0 aliphatic carbocycles. The van der Waals surface area contributed by atoms with E-state index in [4.69, 9.17) is 9.73 Å². The van der Waals surface area contributed by atoms with Crippen LogP contribution in [0.3, 0.4) is 0 Å². The summed E-state index contributed by atoms with van der Waals surface area (Å²) in [6.45, 7) is 9.66. The Bertz CT molecular complexity index is 317. The van der Waals surface area contributed by atoms with Gasteiger partial charge in [0.15, 0.2) is 5.17 Å². The number of nitrogens with one attached hydrogen (secondary N) is 1. The second kappa shape index (κ2) is 4.81. The van der Waals surface area contributed by atoms with Gasteiger partial charge in [-0.25, -0.2) is 0 Å². The molecule has 2 unspecified atom stereocenters. The minimum absolute atomic E-state index is 0.00962. The molecule has 2 aliphatic heterocycles. The summed E-state index contributed by atoms with van der Waals surface area (Å²) in [4.78, 5) is 4.86. The van der Waals surface area contributed by atoms with Crippen molar-refractivity contribution in [1.82, 2.24) is 5.32 Å². The summed E-state index contributed by atoms with van der Waals surface area (Å²) in [5, 5.41) is 4.70. The Morgan fingerprint density at radius 3 is 2.82 bits per heavy atom. The van der Waals surface area contributed by atoms with Crippen molar-refractivity contribution >= 4 is 16.9 Å². The molecule has 3 nitrogen and oxygen atoms in total. The van der Waals surface area contributed by atoms with Gasteiger partial charge in [-0.05, 0) is 40.0 Å². The van der Waals surface area contributed by atoms with Crippen LogP contribution in [0.4, 0.5) is 0 Å². The van der Waals surface area contributed by atoms with Crippen LogP contribution in [-0.2, 0) is 4.74 Å². The summed E-state index contributed by atoms with van der Waals surface area (Å²) in [6, 6.07) is 0.424. The SMILES string of the molecule is CCC1(C)CSC(=NC2CCOC(C)(C)C2)N1. The third-order valence-corrected chi connectivity index (χ3v) is 4.95. The van der Waals surface area contributed by atoms with Crippen molar-refractivity contribution in [2.75, 3.05) is 12.4 Å². The third-order valence-electron chi connectivity index (χ3n) is 3.69. The lowest BCUT2D eigenvalue weighted by Gasteiger charge is -2.33. The van der Waals surface area contributed by atoms with Crippen molar-refractivity contribution in [2.24, 2.45) is 4.99 Å². The van der Waals surface area contributed by atoms with E-state index in [1.54, 1.807) is 0 Å². The fraction of sp³-hybridized carbons (Fsp3) is 0.923. The van der Waals surface area contributed by atoms with Crippen LogP contribution in [0, 0.1) is 0 Å². The van der Waals surface area contributed by atoms with Crippen LogP contribution in [0.25, 0.3) is 0 Å². The van der Waals surface area contributed by atoms with Crippen molar-refractivity contribution in [3.8, 4) is 0 Å². The number of hydrogen-bond acceptors (Lipinski definition) is 3. The quantitative estimate of drug-likeness (QED) is 0.825. The van der Waals surface area contributed by atoms with E-state index in [9.17, 15) is 0 Å². The number of ether oxygens (including phenoxy) is 1. The first-order valence-corrected chi connectivity index (χ1v) is 7.54. The van der Waals surface area contributed by atoms with Gasteiger partial charge in [0.25, 0.3) is 0 Å². The van der Waals surface area contributed by atoms with Gasteiger partial charge in [0, 0.05) is 17.9 Å². The molecule has 98 valence electrons. The van der Waals surface area contributed by atoms with E-state index >= 15 is 0 Å². The number of aliphatic imine (C=N–C) groups is 1. The molecule has 0 bridgehead atoms. The zero-order valence-corrected chi connectivity index (χ0v) is 12.2. The Hall–Kier alpha value is -0.220. The number of thioether (sulfide) groups is 1. The molecular weight excluding hydrogens is 232 g/mol. The Labute approximate surface area is 109 Å². The lowest BCUT2D eigenvalue weighted by molar-refractivity contribution is -0.0575. The van der Waals surface area contributed by atoms with Crippen LogP contribution in [0.2, 0.25) is 0 Å². The van der Waals surface area contributed by atoms with Gasteiger partial charge in [-0.1, -0.05) is 18.7 Å². The van der Waals surface area contributed by atoms with E-state index in [0.29, 0.717) is 6.04 Å². The maximum Gasteiger partial charge on any atom is 0.157 e. The predicted octanol–water partition coefficient (Wildman–Crippen LogP) is 2.81. The molecule has 4 heteroatoms. The van der Waals surface area contributed by atoms with E-state index in [0.717, 1.165) is 36.8 Å². The third kappa shape index (κ3) is 3.38. The average Bonchev–Trinajstić information content (AvgIpc) is 2.60. The van der Waals surface area contributed by atoms with Gasteiger partial charge in [-0.15, -0.1) is 0 Å². The Balaban J connectivity index is 1.96. The van der Waals surface area contributed by atoms with Gasteiger partial charge in [0.2, 0.25) is 0 Å². The number of rotatable bonds is 2. The van der Waals surface area contributed by atoms with E-state index in [-0.39, 0.29) is 11.1 Å². The first-order valence-electron chi connectivity index (χ1n) is 6.55. The van der Waals surface area contributed by atoms with E-state index in [1.807, 2.05) is 11.8 Å². The fourth-order valence-electron chi connectivity index (χ4n) is 2.29. The summed E-state index contributed by atoms with van der Waals surface area (Å²) in [5.74, 6) is 1.13. The number of amidine groups is 1. The van der Waals surface area contributed by atoms with Crippen molar-refractivity contribution in [3.05, 3.63) is 0 Å². The molecule has 0 aromatic heterocycles. The Morgan fingerprint density at radius 2 is 2.24 bits per heavy atom. The molecule has 2 rings (SSSR count). The molecule has 0 aromatic rings. The van der Waals surface area contributed by atoms with Gasteiger partial charge < -0.3 is 10.1 Å². The highest BCUT2D eigenvalue weighted by atomic mass is 32.2. The summed E-state index contributed by atoms with van der Waals surface area (Å²) in [7, 11) is 0. The zero-order valence-electron chi connectivity index (χ0n) is 11.4. The summed E-state index contributed by atoms with van der Waals surface area (Å²) >= 11 is 1.87. The molecule has 1 N–H and O–H groups in total. The molecule has 0 aromatic carbocycles. The summed E-state index contributed by atoms with van der Waals surface area (Å²) in [5.41, 5.74) is 0.231. The molecule has 17 heavy (non-hydrogen) atoms. The molecule has 2 atom stereocenters. The largest absolute Gasteiger partial charge is 0.375 e. The highest BCUT2D eigenvalue weighted by molar-refractivity contribution is 8.14. The first kappa shape index (κ1) is 13.2. The van der Waals surface area contributed by atoms with Crippen LogP contribution >= 0.6 is 11.8 Å². The van der Waals surface area contributed by atoms with Crippen molar-refractivity contribution in [3.63, 3.8) is 0 Å². The normalized spacial score (nSPS) is 39.3. The van der Waals surface area contributed by atoms with Crippen molar-refractivity contribution < 1.29 is 4.74 Å². The Kier molecular flexibility index (Phi) is 3.74. The standard InChI is InChI=1S/C13H24N2OS/c1-5-13(4)9-17-11(15-13)14-10-6-7-16-12(2,3)8-10/h10H,5-9H2,1-4H3,(H,14,15). The molecule has 2 aliphatic rings. The Morgan fingerprint density at radius 1 is 1.47 bits per heavy atom. The van der Waals surface area contributed by atoms with Gasteiger partial charge >= 0.3 is 0 Å². The lowest BCUT2D eigenvalue weighted by Crippen LogP contribution is -2.41. The first-order chi connectivity index (χ1) is 7.92. The van der Waals surface area contributed by atoms with Gasteiger partial charge in [0.05, 0.1) is 11.6 Å². The highest BCUT2D eigenvalue weighted by Gasteiger charge is 2.33. The summed E-state index contributed by atoms with van der Waals surface area (Å²) < 4.78 is 5.73.